The number of halogens is 2. The van der Waals surface area contributed by atoms with Crippen molar-refractivity contribution in [2.24, 2.45) is 0 Å². The number of methoxy groups -OCH3 is 1. The molecule has 0 aliphatic rings. The Kier molecular flexibility index (Phi) is 3.02. The van der Waals surface area contributed by atoms with Gasteiger partial charge in [-0.15, -0.1) is 0 Å². The molecule has 0 bridgehead atoms. The fourth-order valence-corrected chi connectivity index (χ4v) is 2.24. The van der Waals surface area contributed by atoms with E-state index in [1.54, 1.807) is 13.3 Å². The summed E-state index contributed by atoms with van der Waals surface area (Å²) < 4.78 is 6.21. The molecule has 78 valence electrons. The molecule has 0 fully saturated rings. The van der Waals surface area contributed by atoms with Crippen LogP contribution in [-0.2, 0) is 0 Å². The van der Waals surface area contributed by atoms with Crippen molar-refractivity contribution in [3.63, 3.8) is 0 Å². The van der Waals surface area contributed by atoms with Crippen LogP contribution in [0.4, 0.5) is 0 Å². The number of ether oxygens (including phenoxy) is 1. The first-order chi connectivity index (χ1) is 7.15. The Hall–Kier alpha value is -0.550. The van der Waals surface area contributed by atoms with Crippen molar-refractivity contribution in [3.8, 4) is 5.75 Å². The van der Waals surface area contributed by atoms with Crippen LogP contribution in [0, 0.1) is 10.5 Å². The van der Waals surface area contributed by atoms with Crippen LogP contribution >= 0.6 is 34.2 Å². The van der Waals surface area contributed by atoms with E-state index < -0.39 is 0 Å². The molecular weight excluding hydrogens is 324 g/mol. The average molecular weight is 334 g/mol. The zero-order valence-electron chi connectivity index (χ0n) is 8.34. The number of hydrogen-bond donors (Lipinski definition) is 0. The fraction of sp³-hybridized carbons (Fsp3) is 0.182. The topological polar surface area (TPSA) is 22.1 Å². The molecule has 0 aliphatic heterocycles. The van der Waals surface area contributed by atoms with E-state index in [2.05, 4.69) is 27.6 Å². The van der Waals surface area contributed by atoms with Gasteiger partial charge in [0.25, 0.3) is 0 Å². The third-order valence-corrected chi connectivity index (χ3v) is 3.83. The highest BCUT2D eigenvalue weighted by molar-refractivity contribution is 14.1. The van der Waals surface area contributed by atoms with E-state index in [0.717, 1.165) is 30.8 Å². The highest BCUT2D eigenvalue weighted by atomic mass is 127. The first-order valence-electron chi connectivity index (χ1n) is 4.42. The summed E-state index contributed by atoms with van der Waals surface area (Å²) >= 11 is 8.43. The van der Waals surface area contributed by atoms with Crippen LogP contribution in [0.25, 0.3) is 10.9 Å². The summed E-state index contributed by atoms with van der Waals surface area (Å²) in [6, 6.07) is 3.90. The van der Waals surface area contributed by atoms with Crippen molar-refractivity contribution >= 4 is 45.1 Å². The number of pyridine rings is 1. The second-order valence-corrected chi connectivity index (χ2v) is 4.77. The molecule has 2 nitrogen and oxygen atoms in total. The Morgan fingerprint density at radius 2 is 2.13 bits per heavy atom. The molecule has 0 radical (unpaired) electrons. The number of hydrogen-bond acceptors (Lipinski definition) is 2. The molecule has 1 aromatic heterocycles. The number of rotatable bonds is 1. The lowest BCUT2D eigenvalue weighted by Gasteiger charge is -2.09. The number of aryl methyl sites for hydroxylation is 1. The molecule has 0 saturated carbocycles. The predicted molar refractivity (Wildman–Crippen MR) is 70.8 cm³/mol. The van der Waals surface area contributed by atoms with Gasteiger partial charge in [0.15, 0.2) is 0 Å². The van der Waals surface area contributed by atoms with Gasteiger partial charge >= 0.3 is 0 Å². The maximum absolute atomic E-state index is 6.26. The summed E-state index contributed by atoms with van der Waals surface area (Å²) in [7, 11) is 1.64. The molecule has 2 rings (SSSR count). The van der Waals surface area contributed by atoms with Crippen molar-refractivity contribution < 1.29 is 4.74 Å². The van der Waals surface area contributed by atoms with Gasteiger partial charge < -0.3 is 4.74 Å². The Balaban J connectivity index is 2.93. The molecule has 0 spiro atoms. The van der Waals surface area contributed by atoms with E-state index in [0.29, 0.717) is 0 Å². The summed E-state index contributed by atoms with van der Waals surface area (Å²) in [5.41, 5.74) is 1.93. The van der Waals surface area contributed by atoms with E-state index in [-0.39, 0.29) is 0 Å². The molecule has 0 atom stereocenters. The second-order valence-electron chi connectivity index (χ2n) is 3.23. The molecule has 2 aromatic rings. The zero-order valence-corrected chi connectivity index (χ0v) is 11.3. The van der Waals surface area contributed by atoms with Crippen LogP contribution in [0.3, 0.4) is 0 Å². The minimum atomic E-state index is 0.747. The molecule has 1 aromatic carbocycles. The van der Waals surface area contributed by atoms with E-state index in [1.807, 2.05) is 19.1 Å². The van der Waals surface area contributed by atoms with E-state index in [9.17, 15) is 0 Å². The Labute approximate surface area is 107 Å². The van der Waals surface area contributed by atoms with Gasteiger partial charge in [-0.2, -0.15) is 0 Å². The summed E-state index contributed by atoms with van der Waals surface area (Å²) in [4.78, 5) is 4.36. The standard InChI is InChI=1S/C11H9ClINO/c1-6-3-4-8(15-2)11-9(6)10(12)7(13)5-14-11/h3-5H,1-2H3. The highest BCUT2D eigenvalue weighted by Crippen LogP contribution is 2.33. The van der Waals surface area contributed by atoms with Gasteiger partial charge in [-0.3, -0.25) is 4.98 Å². The summed E-state index contributed by atoms with van der Waals surface area (Å²) in [5.74, 6) is 0.758. The Morgan fingerprint density at radius 3 is 2.80 bits per heavy atom. The maximum Gasteiger partial charge on any atom is 0.145 e. The van der Waals surface area contributed by atoms with Crippen molar-refractivity contribution in [2.75, 3.05) is 7.11 Å². The van der Waals surface area contributed by atoms with Gasteiger partial charge in [0.1, 0.15) is 11.3 Å². The van der Waals surface area contributed by atoms with Crippen molar-refractivity contribution in [1.29, 1.82) is 0 Å². The smallest absolute Gasteiger partial charge is 0.145 e. The first-order valence-corrected chi connectivity index (χ1v) is 5.88. The lowest BCUT2D eigenvalue weighted by atomic mass is 10.1. The normalized spacial score (nSPS) is 10.7. The lowest BCUT2D eigenvalue weighted by Crippen LogP contribution is -1.91. The minimum absolute atomic E-state index is 0.747. The van der Waals surface area contributed by atoms with Crippen LogP contribution in [0.15, 0.2) is 18.3 Å². The van der Waals surface area contributed by atoms with Crippen molar-refractivity contribution in [2.45, 2.75) is 6.92 Å². The summed E-state index contributed by atoms with van der Waals surface area (Å²) in [6.07, 6.45) is 1.76. The van der Waals surface area contributed by atoms with E-state index in [1.165, 1.54) is 0 Å². The number of benzene rings is 1. The van der Waals surface area contributed by atoms with Gasteiger partial charge in [-0.1, -0.05) is 17.7 Å². The van der Waals surface area contributed by atoms with E-state index >= 15 is 0 Å². The predicted octanol–water partition coefficient (Wildman–Crippen LogP) is 3.81. The lowest BCUT2D eigenvalue weighted by molar-refractivity contribution is 0.419. The summed E-state index contributed by atoms with van der Waals surface area (Å²) in [6.45, 7) is 2.02. The minimum Gasteiger partial charge on any atom is -0.494 e. The molecule has 4 heteroatoms. The molecule has 0 aliphatic carbocycles. The number of fused-ring (bicyclic) bond motifs is 1. The van der Waals surface area contributed by atoms with Crippen LogP contribution in [0.5, 0.6) is 5.75 Å². The zero-order chi connectivity index (χ0) is 11.0. The van der Waals surface area contributed by atoms with Gasteiger partial charge in [0.2, 0.25) is 0 Å². The van der Waals surface area contributed by atoms with Gasteiger partial charge in [-0.05, 0) is 41.1 Å². The van der Waals surface area contributed by atoms with Crippen LogP contribution in [0.1, 0.15) is 5.56 Å². The fourth-order valence-electron chi connectivity index (χ4n) is 1.54. The number of nitrogens with zero attached hydrogens (tertiary/aromatic N) is 1. The third-order valence-electron chi connectivity index (χ3n) is 2.31. The molecule has 0 unspecified atom stereocenters. The second kappa shape index (κ2) is 4.14. The maximum atomic E-state index is 6.26. The molecule has 0 saturated heterocycles. The molecule has 0 amide bonds. The molecule has 0 N–H and O–H groups in total. The Bertz CT molecular complexity index is 527. The summed E-state index contributed by atoms with van der Waals surface area (Å²) in [5, 5.41) is 1.72. The monoisotopic (exact) mass is 333 g/mol. The van der Waals surface area contributed by atoms with Crippen LogP contribution in [0.2, 0.25) is 5.02 Å². The van der Waals surface area contributed by atoms with Gasteiger partial charge in [-0.25, -0.2) is 0 Å². The average Bonchev–Trinajstić information content (AvgIpc) is 2.24. The Morgan fingerprint density at radius 1 is 1.40 bits per heavy atom. The van der Waals surface area contributed by atoms with Crippen LogP contribution < -0.4 is 4.74 Å². The van der Waals surface area contributed by atoms with Crippen LogP contribution in [-0.4, -0.2) is 12.1 Å². The quantitative estimate of drug-likeness (QED) is 0.740. The SMILES string of the molecule is COc1ccc(C)c2c(Cl)c(I)cnc12. The molecule has 1 heterocycles. The molecular formula is C11H9ClINO. The first kappa shape index (κ1) is 11.0. The molecule has 15 heavy (non-hydrogen) atoms. The number of aromatic nitrogens is 1. The van der Waals surface area contributed by atoms with Crippen molar-refractivity contribution in [1.82, 2.24) is 4.98 Å². The highest BCUT2D eigenvalue weighted by Gasteiger charge is 2.11. The van der Waals surface area contributed by atoms with Gasteiger partial charge in [0, 0.05) is 11.6 Å². The largest absolute Gasteiger partial charge is 0.494 e. The third kappa shape index (κ3) is 1.78. The van der Waals surface area contributed by atoms with Crippen molar-refractivity contribution in [3.05, 3.63) is 32.5 Å². The van der Waals surface area contributed by atoms with Gasteiger partial charge in [0.05, 0.1) is 15.7 Å². The van der Waals surface area contributed by atoms with E-state index in [4.69, 9.17) is 16.3 Å².